The molecule has 2 rings (SSSR count). The Morgan fingerprint density at radius 2 is 2.00 bits per heavy atom. The van der Waals surface area contributed by atoms with E-state index in [0.717, 1.165) is 18.4 Å². The molecule has 1 saturated carbocycles. The lowest BCUT2D eigenvalue weighted by Gasteiger charge is -2.55. The molecule has 3 unspecified atom stereocenters. The maximum absolute atomic E-state index is 11.5. The molecule has 1 aliphatic carbocycles. The number of esters is 1. The van der Waals surface area contributed by atoms with Crippen molar-refractivity contribution in [2.24, 2.45) is 11.8 Å². The maximum Gasteiger partial charge on any atom is 0.333 e. The second kappa shape index (κ2) is 6.51. The summed E-state index contributed by atoms with van der Waals surface area (Å²) >= 11 is 0. The minimum Gasteiger partial charge on any atom is -0.461 e. The number of rotatable bonds is 4. The largest absolute Gasteiger partial charge is 0.461 e. The fourth-order valence-electron chi connectivity index (χ4n) is 4.52. The number of ether oxygens (including phenoxy) is 1. The summed E-state index contributed by atoms with van der Waals surface area (Å²) < 4.78 is 5.33. The molecule has 1 aliphatic heterocycles. The van der Waals surface area contributed by atoms with Crippen LogP contribution in [0.2, 0.25) is 0 Å². The monoisotopic (exact) mass is 293 g/mol. The van der Waals surface area contributed by atoms with Crippen LogP contribution in [0.25, 0.3) is 0 Å². The Morgan fingerprint density at radius 1 is 1.33 bits per heavy atom. The van der Waals surface area contributed by atoms with Crippen molar-refractivity contribution in [3.8, 4) is 0 Å². The van der Waals surface area contributed by atoms with Gasteiger partial charge in [0.15, 0.2) is 0 Å². The van der Waals surface area contributed by atoms with Crippen LogP contribution in [0.5, 0.6) is 0 Å². The number of nitrogens with zero attached hydrogens (tertiary/aromatic N) is 1. The summed E-state index contributed by atoms with van der Waals surface area (Å²) in [4.78, 5) is 14.2. The van der Waals surface area contributed by atoms with Gasteiger partial charge in [-0.2, -0.15) is 0 Å². The van der Waals surface area contributed by atoms with E-state index in [9.17, 15) is 4.79 Å². The summed E-state index contributed by atoms with van der Waals surface area (Å²) in [5.41, 5.74) is 0.685. The van der Waals surface area contributed by atoms with E-state index in [1.807, 2.05) is 0 Å². The molecule has 2 aliphatic rings. The lowest BCUT2D eigenvalue weighted by atomic mass is 9.67. The predicted molar refractivity (Wildman–Crippen MR) is 86.1 cm³/mol. The van der Waals surface area contributed by atoms with E-state index in [4.69, 9.17) is 4.74 Å². The van der Waals surface area contributed by atoms with E-state index < -0.39 is 0 Å². The fourth-order valence-corrected chi connectivity index (χ4v) is 4.52. The molecule has 1 saturated heterocycles. The van der Waals surface area contributed by atoms with Crippen molar-refractivity contribution in [3.63, 3.8) is 0 Å². The number of carbonyl (C=O) groups is 1. The molecular formula is C18H31NO2. The van der Waals surface area contributed by atoms with Gasteiger partial charge in [0.25, 0.3) is 0 Å². The quantitative estimate of drug-likeness (QED) is 0.583. The molecule has 0 N–H and O–H groups in total. The molecule has 0 aromatic rings. The lowest BCUT2D eigenvalue weighted by molar-refractivity contribution is -0.141. The van der Waals surface area contributed by atoms with Gasteiger partial charge in [0, 0.05) is 23.7 Å². The molecule has 120 valence electrons. The van der Waals surface area contributed by atoms with Crippen LogP contribution in [0.4, 0.5) is 0 Å². The minimum atomic E-state index is -0.265. The Kier molecular flexibility index (Phi) is 5.13. The van der Waals surface area contributed by atoms with Gasteiger partial charge in [-0.3, -0.25) is 4.90 Å². The molecule has 0 bridgehead atoms. The van der Waals surface area contributed by atoms with Gasteiger partial charge in [0.2, 0.25) is 0 Å². The van der Waals surface area contributed by atoms with E-state index >= 15 is 0 Å². The van der Waals surface area contributed by atoms with Crippen molar-refractivity contribution < 1.29 is 9.53 Å². The van der Waals surface area contributed by atoms with Gasteiger partial charge in [0.05, 0.1) is 0 Å². The molecule has 0 amide bonds. The predicted octanol–water partition coefficient (Wildman–Crippen LogP) is 3.78. The van der Waals surface area contributed by atoms with Gasteiger partial charge in [-0.15, -0.1) is 0 Å². The van der Waals surface area contributed by atoms with Crippen LogP contribution >= 0.6 is 0 Å². The first-order chi connectivity index (χ1) is 9.83. The molecule has 21 heavy (non-hydrogen) atoms. The molecule has 0 radical (unpaired) electrons. The molecule has 0 aromatic heterocycles. The van der Waals surface area contributed by atoms with Crippen molar-refractivity contribution in [2.75, 3.05) is 13.2 Å². The molecule has 0 spiro atoms. The molecule has 0 aromatic carbocycles. The zero-order valence-corrected chi connectivity index (χ0v) is 14.2. The fraction of sp³-hybridized carbons (Fsp3) is 0.833. The van der Waals surface area contributed by atoms with Gasteiger partial charge in [-0.1, -0.05) is 26.3 Å². The number of hydrogen-bond donors (Lipinski definition) is 0. The van der Waals surface area contributed by atoms with Gasteiger partial charge < -0.3 is 4.74 Å². The van der Waals surface area contributed by atoms with Crippen molar-refractivity contribution in [2.45, 2.75) is 71.4 Å². The third kappa shape index (κ3) is 3.68. The number of fused-ring (bicyclic) bond motifs is 1. The van der Waals surface area contributed by atoms with Crippen molar-refractivity contribution in [1.82, 2.24) is 4.90 Å². The van der Waals surface area contributed by atoms with E-state index in [1.54, 1.807) is 6.92 Å². The average molecular weight is 293 g/mol. The summed E-state index contributed by atoms with van der Waals surface area (Å²) in [7, 11) is 0. The molecule has 3 nitrogen and oxygen atoms in total. The van der Waals surface area contributed by atoms with Crippen LogP contribution in [0.3, 0.4) is 0 Å². The van der Waals surface area contributed by atoms with E-state index in [-0.39, 0.29) is 11.5 Å². The highest BCUT2D eigenvalue weighted by Crippen LogP contribution is 2.44. The Labute approximate surface area is 129 Å². The average Bonchev–Trinajstić information content (AvgIpc) is 2.41. The Balaban J connectivity index is 2.00. The molecule has 1 heterocycles. The maximum atomic E-state index is 11.5. The van der Waals surface area contributed by atoms with E-state index in [1.165, 1.54) is 32.1 Å². The Morgan fingerprint density at radius 3 is 2.67 bits per heavy atom. The molecule has 2 fully saturated rings. The normalized spacial score (nSPS) is 32.3. The lowest BCUT2D eigenvalue weighted by Crippen LogP contribution is -2.60. The smallest absolute Gasteiger partial charge is 0.333 e. The first kappa shape index (κ1) is 16.5. The number of likely N-dealkylation sites (tertiary alicyclic amines) is 1. The number of carbonyl (C=O) groups excluding carboxylic acids is 1. The third-order valence-electron chi connectivity index (χ3n) is 5.43. The van der Waals surface area contributed by atoms with Gasteiger partial charge >= 0.3 is 5.97 Å². The second-order valence-electron chi connectivity index (χ2n) is 7.62. The zero-order valence-electron chi connectivity index (χ0n) is 14.2. The van der Waals surface area contributed by atoms with E-state index in [2.05, 4.69) is 32.3 Å². The highest BCUT2D eigenvalue weighted by Gasteiger charge is 2.45. The Bertz CT molecular complexity index is 402. The van der Waals surface area contributed by atoms with Gasteiger partial charge in [0.1, 0.15) is 6.61 Å². The van der Waals surface area contributed by atoms with Crippen LogP contribution < -0.4 is 0 Å². The minimum absolute atomic E-state index is 0.202. The van der Waals surface area contributed by atoms with Crippen LogP contribution in [-0.2, 0) is 9.53 Å². The van der Waals surface area contributed by atoms with Crippen LogP contribution in [0.1, 0.15) is 59.8 Å². The number of piperidine rings is 1. The van der Waals surface area contributed by atoms with Crippen molar-refractivity contribution in [1.29, 1.82) is 0 Å². The first-order valence-corrected chi connectivity index (χ1v) is 8.42. The van der Waals surface area contributed by atoms with Crippen LogP contribution in [-0.4, -0.2) is 35.6 Å². The highest BCUT2D eigenvalue weighted by molar-refractivity contribution is 5.86. The molecular weight excluding hydrogens is 262 g/mol. The topological polar surface area (TPSA) is 29.5 Å². The van der Waals surface area contributed by atoms with Crippen molar-refractivity contribution >= 4 is 5.97 Å². The summed E-state index contributed by atoms with van der Waals surface area (Å²) in [5.74, 6) is 1.36. The summed E-state index contributed by atoms with van der Waals surface area (Å²) in [6.45, 7) is 13.8. The Hall–Kier alpha value is -0.830. The summed E-state index contributed by atoms with van der Waals surface area (Å²) in [6, 6.07) is 0.668. The van der Waals surface area contributed by atoms with Crippen LogP contribution in [0.15, 0.2) is 12.2 Å². The highest BCUT2D eigenvalue weighted by atomic mass is 16.5. The molecule has 3 atom stereocenters. The summed E-state index contributed by atoms with van der Waals surface area (Å²) in [5, 5.41) is 0. The first-order valence-electron chi connectivity index (χ1n) is 8.42. The van der Waals surface area contributed by atoms with Crippen LogP contribution in [0, 0.1) is 11.8 Å². The van der Waals surface area contributed by atoms with Gasteiger partial charge in [-0.25, -0.2) is 4.79 Å². The SMILES string of the molecule is C=C(C)C(=O)OCCN1C2CCCCC2C(C)CC1(C)C. The molecule has 3 heteroatoms. The zero-order chi connectivity index (χ0) is 15.6. The third-order valence-corrected chi connectivity index (χ3v) is 5.43. The summed E-state index contributed by atoms with van der Waals surface area (Å²) in [6.07, 6.45) is 6.62. The standard InChI is InChI=1S/C18H31NO2/c1-13(2)17(20)21-11-10-19-16-9-7-6-8-15(16)14(3)12-18(19,4)5/h14-16H,1,6-12H2,2-5H3. The van der Waals surface area contributed by atoms with Gasteiger partial charge in [-0.05, 0) is 51.9 Å². The second-order valence-corrected chi connectivity index (χ2v) is 7.62. The number of hydrogen-bond acceptors (Lipinski definition) is 3. The van der Waals surface area contributed by atoms with Crippen molar-refractivity contribution in [3.05, 3.63) is 12.2 Å². The van der Waals surface area contributed by atoms with E-state index in [0.29, 0.717) is 18.2 Å².